The highest BCUT2D eigenvalue weighted by Crippen LogP contribution is 2.29. The minimum atomic E-state index is -4.03. The van der Waals surface area contributed by atoms with E-state index in [1.165, 1.54) is 4.90 Å². The maximum Gasteiger partial charge on any atom is 0.401 e. The lowest BCUT2D eigenvalue weighted by Gasteiger charge is -2.20. The maximum absolute atomic E-state index is 11.8. The quantitative estimate of drug-likeness (QED) is 0.621. The summed E-state index contributed by atoms with van der Waals surface area (Å²) in [5.74, 6) is 0. The lowest BCUT2D eigenvalue weighted by atomic mass is 10.4. The Morgan fingerprint density at radius 3 is 2.18 bits per heavy atom. The predicted molar refractivity (Wildman–Crippen MR) is 36.3 cm³/mol. The number of halogens is 3. The highest BCUT2D eigenvalue weighted by atomic mass is 19.4. The summed E-state index contributed by atoms with van der Waals surface area (Å²) in [6.45, 7) is 1.53. The fourth-order valence-corrected chi connectivity index (χ4v) is 1.17. The van der Waals surface area contributed by atoms with Crippen LogP contribution >= 0.6 is 0 Å². The Morgan fingerprint density at radius 1 is 1.36 bits per heavy atom. The summed E-state index contributed by atoms with van der Waals surface area (Å²) in [5, 5.41) is 0. The molecule has 66 valence electrons. The third kappa shape index (κ3) is 3.10. The first-order chi connectivity index (χ1) is 5.03. The third-order valence-electron chi connectivity index (χ3n) is 1.85. The van der Waals surface area contributed by atoms with Crippen LogP contribution < -0.4 is 0 Å². The molecule has 1 fully saturated rings. The summed E-state index contributed by atoms with van der Waals surface area (Å²) in [5.41, 5.74) is 0. The molecule has 1 aliphatic carbocycles. The highest BCUT2D eigenvalue weighted by Gasteiger charge is 2.36. The van der Waals surface area contributed by atoms with Crippen molar-refractivity contribution >= 4 is 0 Å². The van der Waals surface area contributed by atoms with Gasteiger partial charge in [0.1, 0.15) is 0 Å². The molecule has 0 saturated heterocycles. The number of hydrogen-bond acceptors (Lipinski definition) is 1. The molecule has 0 unspecified atom stereocenters. The number of alkyl halides is 3. The van der Waals surface area contributed by atoms with Crippen LogP contribution in [0.4, 0.5) is 13.2 Å². The SMILES string of the molecule is CCN(CC(F)(F)F)C1CC1. The Bertz CT molecular complexity index is 128. The highest BCUT2D eigenvalue weighted by molar-refractivity contribution is 4.84. The van der Waals surface area contributed by atoms with Crippen molar-refractivity contribution in [1.82, 2.24) is 4.90 Å². The molecule has 4 heteroatoms. The molecule has 0 radical (unpaired) electrons. The predicted octanol–water partition coefficient (Wildman–Crippen LogP) is 2.03. The molecule has 0 N–H and O–H groups in total. The summed E-state index contributed by atoms with van der Waals surface area (Å²) < 4.78 is 35.5. The fourth-order valence-electron chi connectivity index (χ4n) is 1.17. The Balaban J connectivity index is 2.31. The average molecular weight is 167 g/mol. The first-order valence-electron chi connectivity index (χ1n) is 3.83. The van der Waals surface area contributed by atoms with E-state index in [-0.39, 0.29) is 6.04 Å². The minimum Gasteiger partial charge on any atom is -0.292 e. The van der Waals surface area contributed by atoms with Gasteiger partial charge >= 0.3 is 6.18 Å². The smallest absolute Gasteiger partial charge is 0.292 e. The van der Waals surface area contributed by atoms with Crippen LogP contribution in [0.2, 0.25) is 0 Å². The molecular formula is C7H12F3N. The Hall–Kier alpha value is -0.250. The molecule has 0 aliphatic heterocycles. The molecule has 0 heterocycles. The van der Waals surface area contributed by atoms with E-state index in [1.54, 1.807) is 6.92 Å². The zero-order valence-electron chi connectivity index (χ0n) is 6.49. The largest absolute Gasteiger partial charge is 0.401 e. The van der Waals surface area contributed by atoms with Gasteiger partial charge in [0.05, 0.1) is 6.54 Å². The van der Waals surface area contributed by atoms with Gasteiger partial charge in [-0.15, -0.1) is 0 Å². The van der Waals surface area contributed by atoms with Crippen LogP contribution in [0.1, 0.15) is 19.8 Å². The summed E-state index contributed by atoms with van der Waals surface area (Å²) in [7, 11) is 0. The van der Waals surface area contributed by atoms with E-state index in [4.69, 9.17) is 0 Å². The van der Waals surface area contributed by atoms with Crippen LogP contribution in [-0.2, 0) is 0 Å². The normalized spacial score (nSPS) is 19.4. The van der Waals surface area contributed by atoms with Gasteiger partial charge in [-0.25, -0.2) is 0 Å². The zero-order valence-corrected chi connectivity index (χ0v) is 6.49. The minimum absolute atomic E-state index is 0.210. The van der Waals surface area contributed by atoms with Crippen LogP contribution in [0.15, 0.2) is 0 Å². The second-order valence-corrected chi connectivity index (χ2v) is 2.91. The lowest BCUT2D eigenvalue weighted by molar-refractivity contribution is -0.146. The monoisotopic (exact) mass is 167 g/mol. The fraction of sp³-hybridized carbons (Fsp3) is 1.00. The van der Waals surface area contributed by atoms with Crippen molar-refractivity contribution in [3.05, 3.63) is 0 Å². The van der Waals surface area contributed by atoms with Gasteiger partial charge in [0.2, 0.25) is 0 Å². The van der Waals surface area contributed by atoms with Gasteiger partial charge in [-0.2, -0.15) is 13.2 Å². The van der Waals surface area contributed by atoms with Gasteiger partial charge in [-0.3, -0.25) is 4.90 Å². The summed E-state index contributed by atoms with van der Waals surface area (Å²) in [6.07, 6.45) is -2.16. The van der Waals surface area contributed by atoms with Crippen molar-refractivity contribution in [1.29, 1.82) is 0 Å². The Labute approximate surface area is 64.2 Å². The molecule has 0 aromatic carbocycles. The molecule has 1 rings (SSSR count). The van der Waals surface area contributed by atoms with Gasteiger partial charge in [-0.05, 0) is 19.4 Å². The molecule has 1 saturated carbocycles. The van der Waals surface area contributed by atoms with Crippen LogP contribution in [-0.4, -0.2) is 30.2 Å². The molecule has 0 aromatic heterocycles. The van der Waals surface area contributed by atoms with E-state index >= 15 is 0 Å². The van der Waals surface area contributed by atoms with Crippen LogP contribution in [0.25, 0.3) is 0 Å². The number of rotatable bonds is 3. The molecular weight excluding hydrogens is 155 g/mol. The summed E-state index contributed by atoms with van der Waals surface area (Å²) in [4.78, 5) is 1.49. The van der Waals surface area contributed by atoms with Crippen molar-refractivity contribution in [2.45, 2.75) is 32.0 Å². The van der Waals surface area contributed by atoms with Crippen molar-refractivity contribution < 1.29 is 13.2 Å². The summed E-state index contributed by atoms with van der Waals surface area (Å²) >= 11 is 0. The molecule has 1 aliphatic rings. The molecule has 0 atom stereocenters. The Kier molecular flexibility index (Phi) is 2.42. The topological polar surface area (TPSA) is 3.24 Å². The molecule has 0 aromatic rings. The average Bonchev–Trinajstić information content (AvgIpc) is 2.61. The first-order valence-corrected chi connectivity index (χ1v) is 3.83. The van der Waals surface area contributed by atoms with E-state index in [2.05, 4.69) is 0 Å². The van der Waals surface area contributed by atoms with E-state index in [0.717, 1.165) is 12.8 Å². The molecule has 11 heavy (non-hydrogen) atoms. The second kappa shape index (κ2) is 3.01. The summed E-state index contributed by atoms with van der Waals surface area (Å²) in [6, 6.07) is 0.210. The first kappa shape index (κ1) is 8.84. The standard InChI is InChI=1S/C7H12F3N/c1-2-11(6-3-4-6)5-7(8,9)10/h6H,2-5H2,1H3. The third-order valence-corrected chi connectivity index (χ3v) is 1.85. The second-order valence-electron chi connectivity index (χ2n) is 2.91. The van der Waals surface area contributed by atoms with E-state index in [0.29, 0.717) is 6.54 Å². The van der Waals surface area contributed by atoms with Gasteiger partial charge in [0.25, 0.3) is 0 Å². The van der Waals surface area contributed by atoms with Crippen LogP contribution in [0.5, 0.6) is 0 Å². The lowest BCUT2D eigenvalue weighted by Crippen LogP contribution is -2.35. The maximum atomic E-state index is 11.8. The van der Waals surface area contributed by atoms with Crippen LogP contribution in [0.3, 0.4) is 0 Å². The van der Waals surface area contributed by atoms with Gasteiger partial charge < -0.3 is 0 Å². The van der Waals surface area contributed by atoms with Gasteiger partial charge in [0.15, 0.2) is 0 Å². The number of nitrogens with zero attached hydrogens (tertiary/aromatic N) is 1. The molecule has 0 amide bonds. The van der Waals surface area contributed by atoms with Gasteiger partial charge in [-0.1, -0.05) is 6.92 Å². The Morgan fingerprint density at radius 2 is 1.91 bits per heavy atom. The van der Waals surface area contributed by atoms with Crippen LogP contribution in [0, 0.1) is 0 Å². The van der Waals surface area contributed by atoms with E-state index in [9.17, 15) is 13.2 Å². The molecule has 1 nitrogen and oxygen atoms in total. The van der Waals surface area contributed by atoms with Crippen molar-refractivity contribution in [3.8, 4) is 0 Å². The number of hydrogen-bond donors (Lipinski definition) is 0. The van der Waals surface area contributed by atoms with E-state index in [1.807, 2.05) is 0 Å². The van der Waals surface area contributed by atoms with E-state index < -0.39 is 12.7 Å². The molecule has 0 bridgehead atoms. The van der Waals surface area contributed by atoms with Crippen molar-refractivity contribution in [3.63, 3.8) is 0 Å². The molecule has 0 spiro atoms. The van der Waals surface area contributed by atoms with Crippen molar-refractivity contribution in [2.24, 2.45) is 0 Å². The van der Waals surface area contributed by atoms with Gasteiger partial charge in [0, 0.05) is 6.04 Å². The van der Waals surface area contributed by atoms with Crippen molar-refractivity contribution in [2.75, 3.05) is 13.1 Å². The zero-order chi connectivity index (χ0) is 8.48.